The fourth-order valence-electron chi connectivity index (χ4n) is 2.94. The molecule has 2 rings (SSSR count). The fraction of sp³-hybridized carbons (Fsp3) is 0.353. The van der Waals surface area contributed by atoms with Crippen LogP contribution in [0.3, 0.4) is 0 Å². The SMILES string of the molecule is COC(=O)C1=C(C)N(Cc2ccccc2)C(=O)[C@]1(NC(C)=O)C(F)(F)F. The number of ether oxygens (including phenoxy) is 1. The molecule has 0 saturated heterocycles. The van der Waals surface area contributed by atoms with Gasteiger partial charge in [-0.15, -0.1) is 0 Å². The van der Waals surface area contributed by atoms with E-state index >= 15 is 0 Å². The van der Waals surface area contributed by atoms with E-state index in [1.807, 2.05) is 0 Å². The molecule has 26 heavy (non-hydrogen) atoms. The predicted octanol–water partition coefficient (Wildman–Crippen LogP) is 1.91. The van der Waals surface area contributed by atoms with Gasteiger partial charge in [0.15, 0.2) is 0 Å². The molecule has 0 saturated carbocycles. The Hall–Kier alpha value is -2.84. The van der Waals surface area contributed by atoms with E-state index in [9.17, 15) is 27.6 Å². The number of hydrogen-bond acceptors (Lipinski definition) is 4. The normalized spacial score (nSPS) is 20.4. The number of amides is 2. The highest BCUT2D eigenvalue weighted by Gasteiger charge is 2.70. The molecule has 0 unspecified atom stereocenters. The number of halogens is 3. The standard InChI is InChI=1S/C17H17F3N2O4/c1-10-13(14(24)26-3)16(17(18,19)20,21-11(2)23)15(25)22(10)9-12-7-5-4-6-8-12/h4-8H,9H2,1-3H3,(H,21,23)/t16-/m0/s1. The van der Waals surface area contributed by atoms with E-state index in [1.54, 1.807) is 35.6 Å². The largest absolute Gasteiger partial charge is 0.466 e. The average molecular weight is 370 g/mol. The molecule has 1 aliphatic rings. The number of carbonyl (C=O) groups excluding carboxylic acids is 3. The van der Waals surface area contributed by atoms with Crippen molar-refractivity contribution in [3.63, 3.8) is 0 Å². The molecule has 1 atom stereocenters. The van der Waals surface area contributed by atoms with E-state index in [4.69, 9.17) is 0 Å². The second kappa shape index (κ2) is 6.81. The highest BCUT2D eigenvalue weighted by atomic mass is 19.4. The van der Waals surface area contributed by atoms with Crippen molar-refractivity contribution in [1.82, 2.24) is 10.2 Å². The first-order valence-electron chi connectivity index (χ1n) is 7.57. The molecular weight excluding hydrogens is 353 g/mol. The molecule has 0 radical (unpaired) electrons. The Morgan fingerprint density at radius 1 is 1.23 bits per heavy atom. The van der Waals surface area contributed by atoms with Gasteiger partial charge >= 0.3 is 12.1 Å². The lowest BCUT2D eigenvalue weighted by molar-refractivity contribution is -0.195. The van der Waals surface area contributed by atoms with Crippen LogP contribution in [-0.2, 0) is 25.7 Å². The maximum atomic E-state index is 14.0. The van der Waals surface area contributed by atoms with Gasteiger partial charge in [0.1, 0.15) is 5.57 Å². The van der Waals surface area contributed by atoms with Gasteiger partial charge in [0.05, 0.1) is 13.7 Å². The van der Waals surface area contributed by atoms with Gasteiger partial charge in [-0.25, -0.2) is 4.79 Å². The quantitative estimate of drug-likeness (QED) is 0.822. The third kappa shape index (κ3) is 3.04. The van der Waals surface area contributed by atoms with Crippen molar-refractivity contribution in [3.8, 4) is 0 Å². The Morgan fingerprint density at radius 2 is 1.81 bits per heavy atom. The van der Waals surface area contributed by atoms with Gasteiger partial charge in [0, 0.05) is 12.6 Å². The Labute approximate surface area is 147 Å². The lowest BCUT2D eigenvalue weighted by atomic mass is 9.89. The van der Waals surface area contributed by atoms with Crippen LogP contribution in [0.2, 0.25) is 0 Å². The van der Waals surface area contributed by atoms with Crippen molar-refractivity contribution in [2.45, 2.75) is 32.1 Å². The van der Waals surface area contributed by atoms with Crippen LogP contribution >= 0.6 is 0 Å². The molecule has 6 nitrogen and oxygen atoms in total. The number of carbonyl (C=O) groups is 3. The van der Waals surface area contributed by atoms with Gasteiger partial charge in [-0.2, -0.15) is 13.2 Å². The van der Waals surface area contributed by atoms with E-state index in [-0.39, 0.29) is 12.2 Å². The number of rotatable bonds is 4. The molecule has 1 aromatic rings. The summed E-state index contributed by atoms with van der Waals surface area (Å²) in [6, 6.07) is 8.31. The Morgan fingerprint density at radius 3 is 2.27 bits per heavy atom. The topological polar surface area (TPSA) is 75.7 Å². The molecule has 1 aromatic carbocycles. The van der Waals surface area contributed by atoms with Crippen LogP contribution in [-0.4, -0.2) is 41.5 Å². The van der Waals surface area contributed by atoms with Crippen LogP contribution < -0.4 is 5.32 Å². The van der Waals surface area contributed by atoms with Crippen LogP contribution in [0.4, 0.5) is 13.2 Å². The minimum Gasteiger partial charge on any atom is -0.466 e. The Bertz CT molecular complexity index is 774. The van der Waals surface area contributed by atoms with Crippen molar-refractivity contribution in [1.29, 1.82) is 0 Å². The highest BCUT2D eigenvalue weighted by molar-refractivity contribution is 6.10. The van der Waals surface area contributed by atoms with Gasteiger partial charge in [-0.3, -0.25) is 9.59 Å². The molecule has 0 aliphatic carbocycles. The van der Waals surface area contributed by atoms with E-state index in [2.05, 4.69) is 4.74 Å². The minimum absolute atomic E-state index is 0.191. The summed E-state index contributed by atoms with van der Waals surface area (Å²) in [5, 5.41) is 1.64. The predicted molar refractivity (Wildman–Crippen MR) is 84.3 cm³/mol. The summed E-state index contributed by atoms with van der Waals surface area (Å²) in [6.45, 7) is 1.86. The average Bonchev–Trinajstić information content (AvgIpc) is 2.76. The second-order valence-electron chi connectivity index (χ2n) is 5.76. The third-order valence-corrected chi connectivity index (χ3v) is 4.07. The number of nitrogens with one attached hydrogen (secondary N) is 1. The number of hydrogen-bond donors (Lipinski definition) is 1. The second-order valence-corrected chi connectivity index (χ2v) is 5.76. The third-order valence-electron chi connectivity index (χ3n) is 4.07. The van der Waals surface area contributed by atoms with E-state index in [0.29, 0.717) is 5.56 Å². The van der Waals surface area contributed by atoms with Crippen LogP contribution in [0.25, 0.3) is 0 Å². The monoisotopic (exact) mass is 370 g/mol. The molecule has 1 heterocycles. The molecule has 140 valence electrons. The molecular formula is C17H17F3N2O4. The zero-order valence-corrected chi connectivity index (χ0v) is 14.3. The lowest BCUT2D eigenvalue weighted by Crippen LogP contribution is -2.65. The van der Waals surface area contributed by atoms with E-state index in [1.165, 1.54) is 6.92 Å². The molecule has 0 bridgehead atoms. The van der Waals surface area contributed by atoms with E-state index < -0.39 is 35.1 Å². The molecule has 2 amide bonds. The summed E-state index contributed by atoms with van der Waals surface area (Å²) in [5.74, 6) is -3.90. The smallest absolute Gasteiger partial charge is 0.425 e. The van der Waals surface area contributed by atoms with Crippen LogP contribution in [0.5, 0.6) is 0 Å². The van der Waals surface area contributed by atoms with Gasteiger partial charge in [0.2, 0.25) is 11.4 Å². The Balaban J connectivity index is 2.65. The molecule has 1 aliphatic heterocycles. The van der Waals surface area contributed by atoms with Crippen molar-refractivity contribution >= 4 is 17.8 Å². The summed E-state index contributed by atoms with van der Waals surface area (Å²) < 4.78 is 46.3. The van der Waals surface area contributed by atoms with Gasteiger partial charge in [-0.05, 0) is 12.5 Å². The molecule has 0 aromatic heterocycles. The molecule has 1 N–H and O–H groups in total. The first kappa shape index (κ1) is 19.5. The minimum atomic E-state index is -5.24. The summed E-state index contributed by atoms with van der Waals surface area (Å²) in [4.78, 5) is 37.2. The number of benzene rings is 1. The van der Waals surface area contributed by atoms with Gasteiger partial charge < -0.3 is 15.0 Å². The molecule has 0 fully saturated rings. The van der Waals surface area contributed by atoms with Crippen molar-refractivity contribution in [2.24, 2.45) is 0 Å². The van der Waals surface area contributed by atoms with Crippen molar-refractivity contribution < 1.29 is 32.3 Å². The van der Waals surface area contributed by atoms with Crippen molar-refractivity contribution in [2.75, 3.05) is 7.11 Å². The van der Waals surface area contributed by atoms with Gasteiger partial charge in [0.25, 0.3) is 5.91 Å². The first-order chi connectivity index (χ1) is 12.1. The van der Waals surface area contributed by atoms with Crippen LogP contribution in [0.15, 0.2) is 41.6 Å². The summed E-state index contributed by atoms with van der Waals surface area (Å²) in [6.07, 6.45) is -5.24. The summed E-state index contributed by atoms with van der Waals surface area (Å²) in [7, 11) is 0.905. The number of allylic oxidation sites excluding steroid dienone is 1. The fourth-order valence-corrected chi connectivity index (χ4v) is 2.94. The zero-order valence-electron chi connectivity index (χ0n) is 14.3. The molecule has 9 heteroatoms. The van der Waals surface area contributed by atoms with E-state index in [0.717, 1.165) is 18.9 Å². The van der Waals surface area contributed by atoms with Crippen LogP contribution in [0, 0.1) is 0 Å². The number of methoxy groups -OCH3 is 1. The highest BCUT2D eigenvalue weighted by Crippen LogP contribution is 2.45. The number of nitrogens with zero attached hydrogens (tertiary/aromatic N) is 1. The first-order valence-corrected chi connectivity index (χ1v) is 7.57. The summed E-state index contributed by atoms with van der Waals surface area (Å²) >= 11 is 0. The van der Waals surface area contributed by atoms with Crippen LogP contribution in [0.1, 0.15) is 19.4 Å². The Kier molecular flexibility index (Phi) is 5.11. The zero-order chi connectivity index (χ0) is 19.7. The number of esters is 1. The number of alkyl halides is 3. The molecule has 0 spiro atoms. The van der Waals surface area contributed by atoms with Crippen molar-refractivity contribution in [3.05, 3.63) is 47.2 Å². The maximum absolute atomic E-state index is 14.0. The lowest BCUT2D eigenvalue weighted by Gasteiger charge is -2.32. The summed E-state index contributed by atoms with van der Waals surface area (Å²) in [5.41, 5.74) is -4.09. The van der Waals surface area contributed by atoms with Gasteiger partial charge in [-0.1, -0.05) is 30.3 Å². The maximum Gasteiger partial charge on any atom is 0.425 e.